The van der Waals surface area contributed by atoms with E-state index >= 15 is 0 Å². The van der Waals surface area contributed by atoms with Crippen molar-refractivity contribution in [2.75, 3.05) is 7.11 Å². The second kappa shape index (κ2) is 4.67. The molecule has 0 unspecified atom stereocenters. The van der Waals surface area contributed by atoms with Gasteiger partial charge in [-0.1, -0.05) is 24.6 Å². The first-order valence-electron chi connectivity index (χ1n) is 4.72. The van der Waals surface area contributed by atoms with Crippen molar-refractivity contribution in [3.05, 3.63) is 28.3 Å². The lowest BCUT2D eigenvalue weighted by Gasteiger charge is -2.14. The molecule has 1 aromatic carbocycles. The van der Waals surface area contributed by atoms with Crippen molar-refractivity contribution >= 4 is 11.6 Å². The standard InChI is InChI=1S/C11H16ClNO/c1-4-8-5-9(7(2)13)11(14-3)10(12)6-8/h5-7H,4,13H2,1-3H3/t7-/m1/s1. The largest absolute Gasteiger partial charge is 0.495 e. The molecule has 0 saturated heterocycles. The van der Waals surface area contributed by atoms with Gasteiger partial charge in [0.15, 0.2) is 0 Å². The molecule has 2 nitrogen and oxygen atoms in total. The zero-order valence-corrected chi connectivity index (χ0v) is 9.56. The number of hydrogen-bond acceptors (Lipinski definition) is 2. The minimum atomic E-state index is -0.0612. The van der Waals surface area contributed by atoms with Gasteiger partial charge in [0, 0.05) is 11.6 Å². The first-order chi connectivity index (χ1) is 6.60. The molecule has 0 amide bonds. The van der Waals surface area contributed by atoms with E-state index in [2.05, 4.69) is 13.0 Å². The quantitative estimate of drug-likeness (QED) is 0.838. The van der Waals surface area contributed by atoms with Gasteiger partial charge in [-0.3, -0.25) is 0 Å². The molecule has 1 rings (SSSR count). The lowest BCUT2D eigenvalue weighted by Crippen LogP contribution is -2.08. The highest BCUT2D eigenvalue weighted by Gasteiger charge is 2.12. The summed E-state index contributed by atoms with van der Waals surface area (Å²) >= 11 is 6.08. The average molecular weight is 214 g/mol. The van der Waals surface area contributed by atoms with Gasteiger partial charge in [-0.05, 0) is 25.0 Å². The van der Waals surface area contributed by atoms with Crippen LogP contribution in [0.25, 0.3) is 0 Å². The highest BCUT2D eigenvalue weighted by molar-refractivity contribution is 6.32. The number of benzene rings is 1. The van der Waals surface area contributed by atoms with E-state index in [-0.39, 0.29) is 6.04 Å². The zero-order chi connectivity index (χ0) is 10.7. The van der Waals surface area contributed by atoms with Crippen molar-refractivity contribution in [1.29, 1.82) is 0 Å². The van der Waals surface area contributed by atoms with Crippen LogP contribution in [0, 0.1) is 0 Å². The Hall–Kier alpha value is -0.730. The lowest BCUT2D eigenvalue weighted by atomic mass is 10.0. The molecule has 0 aliphatic heterocycles. The molecule has 14 heavy (non-hydrogen) atoms. The molecule has 1 atom stereocenters. The monoisotopic (exact) mass is 213 g/mol. The Morgan fingerprint density at radius 2 is 2.14 bits per heavy atom. The van der Waals surface area contributed by atoms with Crippen LogP contribution in [-0.4, -0.2) is 7.11 Å². The fourth-order valence-corrected chi connectivity index (χ4v) is 1.76. The molecule has 78 valence electrons. The molecule has 0 aliphatic rings. The van der Waals surface area contributed by atoms with E-state index in [0.717, 1.165) is 12.0 Å². The van der Waals surface area contributed by atoms with Crippen molar-refractivity contribution in [2.24, 2.45) is 5.73 Å². The summed E-state index contributed by atoms with van der Waals surface area (Å²) in [6, 6.07) is 3.91. The Kier molecular flexibility index (Phi) is 3.78. The first kappa shape index (κ1) is 11.3. The van der Waals surface area contributed by atoms with Gasteiger partial charge in [0.05, 0.1) is 12.1 Å². The molecule has 0 saturated carbocycles. The van der Waals surface area contributed by atoms with Gasteiger partial charge in [-0.25, -0.2) is 0 Å². The molecule has 0 bridgehead atoms. The minimum Gasteiger partial charge on any atom is -0.495 e. The summed E-state index contributed by atoms with van der Waals surface area (Å²) < 4.78 is 5.22. The molecule has 1 aromatic rings. The molecule has 0 fully saturated rings. The Labute approximate surface area is 90.0 Å². The van der Waals surface area contributed by atoms with Gasteiger partial charge in [0.2, 0.25) is 0 Å². The fourth-order valence-electron chi connectivity index (χ4n) is 1.43. The van der Waals surface area contributed by atoms with Gasteiger partial charge < -0.3 is 10.5 Å². The Bertz CT molecular complexity index is 323. The van der Waals surface area contributed by atoms with Crippen LogP contribution in [0.15, 0.2) is 12.1 Å². The average Bonchev–Trinajstić information content (AvgIpc) is 2.16. The second-order valence-electron chi connectivity index (χ2n) is 3.34. The maximum absolute atomic E-state index is 6.08. The van der Waals surface area contributed by atoms with E-state index in [4.69, 9.17) is 22.1 Å². The molecule has 0 aromatic heterocycles. The smallest absolute Gasteiger partial charge is 0.142 e. The summed E-state index contributed by atoms with van der Waals surface area (Å²) in [6.45, 7) is 4.01. The van der Waals surface area contributed by atoms with Crippen LogP contribution in [0.5, 0.6) is 5.75 Å². The van der Waals surface area contributed by atoms with Crippen LogP contribution in [0.2, 0.25) is 5.02 Å². The number of ether oxygens (including phenoxy) is 1. The van der Waals surface area contributed by atoms with E-state index in [9.17, 15) is 0 Å². The lowest BCUT2D eigenvalue weighted by molar-refractivity contribution is 0.407. The number of hydrogen-bond donors (Lipinski definition) is 1. The first-order valence-corrected chi connectivity index (χ1v) is 5.09. The Morgan fingerprint density at radius 3 is 2.57 bits per heavy atom. The van der Waals surface area contributed by atoms with Gasteiger partial charge in [0.25, 0.3) is 0 Å². The maximum atomic E-state index is 6.08. The van der Waals surface area contributed by atoms with Crippen molar-refractivity contribution in [3.8, 4) is 5.75 Å². The zero-order valence-electron chi connectivity index (χ0n) is 8.80. The summed E-state index contributed by atoms with van der Waals surface area (Å²) in [5.41, 5.74) is 8.00. The predicted molar refractivity (Wildman–Crippen MR) is 60.0 cm³/mol. The second-order valence-corrected chi connectivity index (χ2v) is 3.75. The van der Waals surface area contributed by atoms with E-state index in [1.165, 1.54) is 5.56 Å². The van der Waals surface area contributed by atoms with Crippen molar-refractivity contribution in [2.45, 2.75) is 26.3 Å². The van der Waals surface area contributed by atoms with Crippen molar-refractivity contribution in [1.82, 2.24) is 0 Å². The molecule has 3 heteroatoms. The third-order valence-corrected chi connectivity index (χ3v) is 2.52. The highest BCUT2D eigenvalue weighted by Crippen LogP contribution is 2.33. The van der Waals surface area contributed by atoms with Crippen LogP contribution in [0.1, 0.15) is 31.0 Å². The summed E-state index contributed by atoms with van der Waals surface area (Å²) in [5, 5.41) is 0.638. The number of aryl methyl sites for hydroxylation is 1. The minimum absolute atomic E-state index is 0.0612. The maximum Gasteiger partial charge on any atom is 0.142 e. The highest BCUT2D eigenvalue weighted by atomic mass is 35.5. The van der Waals surface area contributed by atoms with Gasteiger partial charge in [0.1, 0.15) is 5.75 Å². The van der Waals surface area contributed by atoms with Gasteiger partial charge in [-0.15, -0.1) is 0 Å². The van der Waals surface area contributed by atoms with E-state index < -0.39 is 0 Å². The summed E-state index contributed by atoms with van der Waals surface area (Å²) in [4.78, 5) is 0. The fraction of sp³-hybridized carbons (Fsp3) is 0.455. The SMILES string of the molecule is CCc1cc(Cl)c(OC)c([C@@H](C)N)c1. The van der Waals surface area contributed by atoms with Crippen LogP contribution < -0.4 is 10.5 Å². The third-order valence-electron chi connectivity index (χ3n) is 2.24. The predicted octanol–water partition coefficient (Wildman–Crippen LogP) is 2.93. The molecule has 2 N–H and O–H groups in total. The molecule has 0 aliphatic carbocycles. The van der Waals surface area contributed by atoms with Gasteiger partial charge in [-0.2, -0.15) is 0 Å². The topological polar surface area (TPSA) is 35.2 Å². The van der Waals surface area contributed by atoms with Crippen LogP contribution in [0.4, 0.5) is 0 Å². The summed E-state index contributed by atoms with van der Waals surface area (Å²) in [6.07, 6.45) is 0.948. The molecule has 0 heterocycles. The molecular weight excluding hydrogens is 198 g/mol. The Morgan fingerprint density at radius 1 is 1.50 bits per heavy atom. The van der Waals surface area contributed by atoms with Crippen LogP contribution in [0.3, 0.4) is 0 Å². The number of methoxy groups -OCH3 is 1. The van der Waals surface area contributed by atoms with Crippen LogP contribution >= 0.6 is 11.6 Å². The molecule has 0 radical (unpaired) electrons. The summed E-state index contributed by atoms with van der Waals surface area (Å²) in [5.74, 6) is 0.693. The number of nitrogens with two attached hydrogens (primary N) is 1. The molecule has 0 spiro atoms. The van der Waals surface area contributed by atoms with Crippen LogP contribution in [-0.2, 0) is 6.42 Å². The van der Waals surface area contributed by atoms with E-state index in [1.54, 1.807) is 7.11 Å². The third kappa shape index (κ3) is 2.20. The van der Waals surface area contributed by atoms with Crippen molar-refractivity contribution in [3.63, 3.8) is 0 Å². The summed E-state index contributed by atoms with van der Waals surface area (Å²) in [7, 11) is 1.61. The molecular formula is C11H16ClNO. The van der Waals surface area contributed by atoms with Gasteiger partial charge >= 0.3 is 0 Å². The number of halogens is 1. The van der Waals surface area contributed by atoms with E-state index in [0.29, 0.717) is 10.8 Å². The number of rotatable bonds is 3. The van der Waals surface area contributed by atoms with Crippen molar-refractivity contribution < 1.29 is 4.74 Å². The van der Waals surface area contributed by atoms with E-state index in [1.807, 2.05) is 13.0 Å². The normalized spacial score (nSPS) is 12.6. The Balaban J connectivity index is 3.28.